The van der Waals surface area contributed by atoms with Gasteiger partial charge < -0.3 is 15.0 Å². The Kier molecular flexibility index (Phi) is 5.94. The molecule has 0 aliphatic carbocycles. The minimum Gasteiger partial charge on any atom is -0.490 e. The predicted molar refractivity (Wildman–Crippen MR) is 97.6 cm³/mol. The quantitative estimate of drug-likeness (QED) is 0.612. The van der Waals surface area contributed by atoms with Crippen LogP contribution in [0.1, 0.15) is 24.2 Å². The second-order valence-electron chi connectivity index (χ2n) is 5.32. The van der Waals surface area contributed by atoms with Crippen LogP contribution < -0.4 is 15.0 Å². The molecule has 0 unspecified atom stereocenters. The molecular weight excluding hydrogens is 322 g/mol. The van der Waals surface area contributed by atoms with Gasteiger partial charge in [-0.05, 0) is 50.2 Å². The Bertz CT molecular complexity index is 755. The molecule has 7 nitrogen and oxygen atoms in total. The van der Waals surface area contributed by atoms with Crippen molar-refractivity contribution in [2.24, 2.45) is 0 Å². The molecule has 0 heterocycles. The summed E-state index contributed by atoms with van der Waals surface area (Å²) >= 11 is 0. The number of hydrogen-bond donors (Lipinski definition) is 1. The molecule has 0 bridgehead atoms. The van der Waals surface area contributed by atoms with Crippen LogP contribution in [0.15, 0.2) is 42.5 Å². The fourth-order valence-corrected chi connectivity index (χ4v) is 2.52. The minimum atomic E-state index is -0.575. The number of carbonyl (C=O) groups is 1. The summed E-state index contributed by atoms with van der Waals surface area (Å²) in [4.78, 5) is 25.0. The first-order valence-electron chi connectivity index (χ1n) is 7.98. The molecule has 0 aromatic heterocycles. The van der Waals surface area contributed by atoms with Gasteiger partial charge in [0.05, 0.1) is 12.0 Å². The van der Waals surface area contributed by atoms with Crippen LogP contribution in [0.2, 0.25) is 0 Å². The highest BCUT2D eigenvalue weighted by atomic mass is 16.6. The predicted octanol–water partition coefficient (Wildman–Crippen LogP) is 3.70. The Hall–Kier alpha value is -3.09. The summed E-state index contributed by atoms with van der Waals surface area (Å²) in [6.45, 7) is 5.96. The summed E-state index contributed by atoms with van der Waals surface area (Å²) in [6, 6.07) is 11.6. The Labute approximate surface area is 146 Å². The molecule has 2 rings (SSSR count). The van der Waals surface area contributed by atoms with E-state index in [9.17, 15) is 14.9 Å². The van der Waals surface area contributed by atoms with E-state index in [-0.39, 0.29) is 17.0 Å². The summed E-state index contributed by atoms with van der Waals surface area (Å²) in [6.07, 6.45) is 0. The second kappa shape index (κ2) is 8.14. The number of anilines is 2. The lowest BCUT2D eigenvalue weighted by atomic mass is 10.1. The molecule has 0 spiro atoms. The average molecular weight is 343 g/mol. The molecule has 0 atom stereocenters. The van der Waals surface area contributed by atoms with E-state index in [1.807, 2.05) is 24.3 Å². The van der Waals surface area contributed by atoms with E-state index >= 15 is 0 Å². The van der Waals surface area contributed by atoms with Crippen molar-refractivity contribution < 1.29 is 14.5 Å². The SMILES string of the molecule is CCN(CC)c1ccc(NC(=O)c2ccc(OC)c([N+](=O)[O-])c2)cc1. The molecule has 1 N–H and O–H groups in total. The first-order chi connectivity index (χ1) is 12.0. The van der Waals surface area contributed by atoms with Gasteiger partial charge in [0, 0.05) is 36.1 Å². The number of nitro groups is 1. The van der Waals surface area contributed by atoms with Crippen molar-refractivity contribution in [3.8, 4) is 5.75 Å². The lowest BCUT2D eigenvalue weighted by Crippen LogP contribution is -2.21. The number of ether oxygens (including phenoxy) is 1. The molecule has 2 aromatic carbocycles. The molecule has 0 radical (unpaired) electrons. The number of amides is 1. The van der Waals surface area contributed by atoms with E-state index in [1.165, 1.54) is 25.3 Å². The van der Waals surface area contributed by atoms with Crippen molar-refractivity contribution in [1.82, 2.24) is 0 Å². The van der Waals surface area contributed by atoms with Crippen LogP contribution in [0.25, 0.3) is 0 Å². The van der Waals surface area contributed by atoms with E-state index in [0.717, 1.165) is 18.8 Å². The maximum absolute atomic E-state index is 12.3. The zero-order valence-corrected chi connectivity index (χ0v) is 14.5. The summed E-state index contributed by atoms with van der Waals surface area (Å²) in [5, 5.41) is 13.8. The summed E-state index contributed by atoms with van der Waals surface area (Å²) in [5.74, 6) is -0.300. The molecule has 0 aliphatic heterocycles. The standard InChI is InChI=1S/C18H21N3O4/c1-4-20(5-2)15-9-7-14(8-10-15)19-18(22)13-6-11-17(25-3)16(12-13)21(23)24/h6-12H,4-5H2,1-3H3,(H,19,22). The summed E-state index contributed by atoms with van der Waals surface area (Å²) in [5.41, 5.74) is 1.65. The van der Waals surface area contributed by atoms with Crippen molar-refractivity contribution in [2.75, 3.05) is 30.4 Å². The maximum Gasteiger partial charge on any atom is 0.311 e. The number of nitrogens with one attached hydrogen (secondary N) is 1. The van der Waals surface area contributed by atoms with Crippen molar-refractivity contribution in [3.63, 3.8) is 0 Å². The van der Waals surface area contributed by atoms with Crippen molar-refractivity contribution in [3.05, 3.63) is 58.1 Å². The first kappa shape index (κ1) is 18.3. The Morgan fingerprint density at radius 1 is 1.16 bits per heavy atom. The Morgan fingerprint density at radius 3 is 2.32 bits per heavy atom. The molecular formula is C18H21N3O4. The van der Waals surface area contributed by atoms with Gasteiger partial charge in [0.1, 0.15) is 0 Å². The molecule has 25 heavy (non-hydrogen) atoms. The van der Waals surface area contributed by atoms with E-state index in [2.05, 4.69) is 24.1 Å². The molecule has 1 amide bonds. The topological polar surface area (TPSA) is 84.7 Å². The lowest BCUT2D eigenvalue weighted by Gasteiger charge is -2.21. The van der Waals surface area contributed by atoms with E-state index in [0.29, 0.717) is 5.69 Å². The van der Waals surface area contributed by atoms with Crippen LogP contribution in [0.3, 0.4) is 0 Å². The van der Waals surface area contributed by atoms with E-state index in [1.54, 1.807) is 0 Å². The van der Waals surface area contributed by atoms with Crippen LogP contribution in [0.5, 0.6) is 5.75 Å². The van der Waals surface area contributed by atoms with Gasteiger partial charge in [-0.25, -0.2) is 0 Å². The molecule has 0 fully saturated rings. The van der Waals surface area contributed by atoms with Crippen LogP contribution in [0.4, 0.5) is 17.1 Å². The van der Waals surface area contributed by atoms with Crippen molar-refractivity contribution >= 4 is 23.0 Å². The van der Waals surface area contributed by atoms with E-state index < -0.39 is 10.8 Å². The van der Waals surface area contributed by atoms with E-state index in [4.69, 9.17) is 4.74 Å². The largest absolute Gasteiger partial charge is 0.490 e. The normalized spacial score (nSPS) is 10.2. The highest BCUT2D eigenvalue weighted by Crippen LogP contribution is 2.28. The van der Waals surface area contributed by atoms with Gasteiger partial charge in [0.15, 0.2) is 5.75 Å². The van der Waals surface area contributed by atoms with Crippen LogP contribution in [-0.4, -0.2) is 31.0 Å². The maximum atomic E-state index is 12.3. The number of benzene rings is 2. The fraction of sp³-hybridized carbons (Fsp3) is 0.278. The molecule has 2 aromatic rings. The number of nitrogens with zero attached hydrogens (tertiary/aromatic N) is 2. The Morgan fingerprint density at radius 2 is 1.80 bits per heavy atom. The van der Waals surface area contributed by atoms with Crippen molar-refractivity contribution in [2.45, 2.75) is 13.8 Å². The lowest BCUT2D eigenvalue weighted by molar-refractivity contribution is -0.385. The van der Waals surface area contributed by atoms with Crippen molar-refractivity contribution in [1.29, 1.82) is 0 Å². The zero-order chi connectivity index (χ0) is 18.4. The third-order valence-corrected chi connectivity index (χ3v) is 3.89. The summed E-state index contributed by atoms with van der Waals surface area (Å²) in [7, 11) is 1.35. The number of methoxy groups -OCH3 is 1. The van der Waals surface area contributed by atoms with Crippen LogP contribution in [0, 0.1) is 10.1 Å². The monoisotopic (exact) mass is 343 g/mol. The highest BCUT2D eigenvalue weighted by Gasteiger charge is 2.18. The van der Waals surface area contributed by atoms with Crippen LogP contribution in [-0.2, 0) is 0 Å². The number of carbonyl (C=O) groups excluding carboxylic acids is 1. The third-order valence-electron chi connectivity index (χ3n) is 3.89. The molecule has 0 saturated heterocycles. The third kappa shape index (κ3) is 4.26. The number of nitro benzene ring substituents is 1. The number of rotatable bonds is 7. The van der Waals surface area contributed by atoms with Gasteiger partial charge in [-0.2, -0.15) is 0 Å². The van der Waals surface area contributed by atoms with Gasteiger partial charge in [-0.15, -0.1) is 0 Å². The van der Waals surface area contributed by atoms with Crippen LogP contribution >= 0.6 is 0 Å². The average Bonchev–Trinajstić information content (AvgIpc) is 2.63. The van der Waals surface area contributed by atoms with Gasteiger partial charge in [0.25, 0.3) is 5.91 Å². The molecule has 132 valence electrons. The summed E-state index contributed by atoms with van der Waals surface area (Å²) < 4.78 is 4.94. The van der Waals surface area contributed by atoms with Gasteiger partial charge in [-0.3, -0.25) is 14.9 Å². The molecule has 0 aliphatic rings. The van der Waals surface area contributed by atoms with Gasteiger partial charge in [-0.1, -0.05) is 0 Å². The number of hydrogen-bond acceptors (Lipinski definition) is 5. The molecule has 0 saturated carbocycles. The second-order valence-corrected chi connectivity index (χ2v) is 5.32. The zero-order valence-electron chi connectivity index (χ0n) is 14.5. The fourth-order valence-electron chi connectivity index (χ4n) is 2.52. The molecule has 7 heteroatoms. The Balaban J connectivity index is 2.17. The highest BCUT2D eigenvalue weighted by molar-refractivity contribution is 6.04. The van der Waals surface area contributed by atoms with Gasteiger partial charge in [0.2, 0.25) is 0 Å². The smallest absolute Gasteiger partial charge is 0.311 e. The van der Waals surface area contributed by atoms with Gasteiger partial charge >= 0.3 is 5.69 Å². The first-order valence-corrected chi connectivity index (χ1v) is 7.98. The minimum absolute atomic E-state index is 0.116.